The lowest BCUT2D eigenvalue weighted by molar-refractivity contribution is 0.282. The van der Waals surface area contributed by atoms with Gasteiger partial charge in [0.15, 0.2) is 11.5 Å². The van der Waals surface area contributed by atoms with Crippen LogP contribution < -0.4 is 15.0 Å². The molecule has 1 aromatic heterocycles. The predicted octanol–water partition coefficient (Wildman–Crippen LogP) is 7.50. The Kier molecular flexibility index (Phi) is 8.98. The number of aromatic nitrogens is 2. The molecule has 0 amide bonds. The average Bonchev–Trinajstić information content (AvgIpc) is 2.87. The number of benzene rings is 3. The molecule has 1 heterocycles. The van der Waals surface area contributed by atoms with Crippen LogP contribution in [-0.4, -0.2) is 23.0 Å². The number of aryl methyl sites for hydroxylation is 1. The van der Waals surface area contributed by atoms with E-state index in [0.717, 1.165) is 37.4 Å². The highest BCUT2D eigenvalue weighted by atomic mass is 79.9. The molecule has 36 heavy (non-hydrogen) atoms. The van der Waals surface area contributed by atoms with Crippen molar-refractivity contribution in [1.82, 2.24) is 9.66 Å². The summed E-state index contributed by atoms with van der Waals surface area (Å²) >= 11 is 10.5. The zero-order chi connectivity index (χ0) is 25.7. The predicted molar refractivity (Wildman–Crippen MR) is 154 cm³/mol. The van der Waals surface area contributed by atoms with E-state index in [2.05, 4.69) is 59.8 Å². The number of hydrogen-bond acceptors (Lipinski definition) is 5. The molecular formula is C27H24Br3N3O3. The van der Waals surface area contributed by atoms with E-state index in [1.807, 2.05) is 48.5 Å². The van der Waals surface area contributed by atoms with E-state index in [0.29, 0.717) is 41.3 Å². The number of nitrogens with zero attached hydrogens (tertiary/aromatic N) is 3. The van der Waals surface area contributed by atoms with Gasteiger partial charge in [-0.25, -0.2) is 4.98 Å². The van der Waals surface area contributed by atoms with Crippen molar-refractivity contribution in [1.29, 1.82) is 0 Å². The van der Waals surface area contributed by atoms with E-state index in [-0.39, 0.29) is 5.56 Å². The lowest BCUT2D eigenvalue weighted by Crippen LogP contribution is -2.22. The summed E-state index contributed by atoms with van der Waals surface area (Å²) in [6.45, 7) is 2.50. The minimum atomic E-state index is -0.205. The normalized spacial score (nSPS) is 11.4. The third kappa shape index (κ3) is 6.25. The van der Waals surface area contributed by atoms with Crippen LogP contribution in [0.5, 0.6) is 11.5 Å². The van der Waals surface area contributed by atoms with Gasteiger partial charge in [-0.3, -0.25) is 4.79 Å². The molecule has 0 aliphatic rings. The standard InChI is InChI=1S/C27H24Br3N3O3/c1-3-4-5-25-32-23-11-10-20(29)14-21(23)27(34)33(25)31-15-18-12-22(30)26(24(13-18)35-2)36-16-17-6-8-19(28)9-7-17/h6-15H,3-5,16H2,1-2H3. The first-order valence-corrected chi connectivity index (χ1v) is 13.8. The SMILES string of the molecule is CCCCc1nc2ccc(Br)cc2c(=O)n1N=Cc1cc(Br)c(OCc2ccc(Br)cc2)c(OC)c1. The maximum atomic E-state index is 13.3. The molecule has 0 aliphatic carbocycles. The summed E-state index contributed by atoms with van der Waals surface area (Å²) in [5.74, 6) is 1.78. The molecule has 0 N–H and O–H groups in total. The molecule has 9 heteroatoms. The van der Waals surface area contributed by atoms with Crippen molar-refractivity contribution in [2.75, 3.05) is 7.11 Å². The van der Waals surface area contributed by atoms with E-state index in [1.165, 1.54) is 4.68 Å². The van der Waals surface area contributed by atoms with Crippen LogP contribution in [0.25, 0.3) is 10.9 Å². The van der Waals surface area contributed by atoms with Crippen molar-refractivity contribution in [3.8, 4) is 11.5 Å². The third-order valence-corrected chi connectivity index (χ3v) is 7.11. The Morgan fingerprint density at radius 3 is 2.50 bits per heavy atom. The van der Waals surface area contributed by atoms with Crippen molar-refractivity contribution >= 4 is 64.9 Å². The Hall–Kier alpha value is -2.49. The van der Waals surface area contributed by atoms with Crippen LogP contribution in [0.15, 0.2) is 77.9 Å². The molecule has 4 rings (SSSR count). The Morgan fingerprint density at radius 2 is 1.78 bits per heavy atom. The molecule has 186 valence electrons. The number of fused-ring (bicyclic) bond motifs is 1. The average molecular weight is 678 g/mol. The van der Waals surface area contributed by atoms with Gasteiger partial charge in [0.05, 0.1) is 28.7 Å². The van der Waals surface area contributed by atoms with Crippen LogP contribution in [-0.2, 0) is 13.0 Å². The number of unbranched alkanes of at least 4 members (excludes halogenated alkanes) is 1. The van der Waals surface area contributed by atoms with Crippen LogP contribution >= 0.6 is 47.8 Å². The Balaban J connectivity index is 1.66. The summed E-state index contributed by atoms with van der Waals surface area (Å²) in [5, 5.41) is 5.05. The van der Waals surface area contributed by atoms with Crippen molar-refractivity contribution in [3.63, 3.8) is 0 Å². The van der Waals surface area contributed by atoms with Gasteiger partial charge in [-0.15, -0.1) is 0 Å². The summed E-state index contributed by atoms with van der Waals surface area (Å²) < 4.78 is 15.6. The van der Waals surface area contributed by atoms with Crippen molar-refractivity contribution in [2.45, 2.75) is 32.8 Å². The molecule has 0 saturated carbocycles. The maximum Gasteiger partial charge on any atom is 0.282 e. The van der Waals surface area contributed by atoms with E-state index in [1.54, 1.807) is 19.4 Å². The first-order chi connectivity index (χ1) is 17.4. The van der Waals surface area contributed by atoms with Crippen molar-refractivity contribution < 1.29 is 9.47 Å². The first-order valence-electron chi connectivity index (χ1n) is 11.4. The molecule has 0 aliphatic heterocycles. The molecule has 4 aromatic rings. The topological polar surface area (TPSA) is 65.7 Å². The fraction of sp³-hybridized carbons (Fsp3) is 0.222. The Bertz CT molecular complexity index is 1470. The van der Waals surface area contributed by atoms with Crippen LogP contribution in [0.2, 0.25) is 0 Å². The molecule has 3 aromatic carbocycles. The van der Waals surface area contributed by atoms with Crippen molar-refractivity contribution in [3.05, 3.63) is 95.3 Å². The second-order valence-electron chi connectivity index (χ2n) is 8.10. The number of hydrogen-bond donors (Lipinski definition) is 0. The molecule has 0 atom stereocenters. The zero-order valence-electron chi connectivity index (χ0n) is 19.8. The number of ether oxygens (including phenoxy) is 2. The lowest BCUT2D eigenvalue weighted by Gasteiger charge is -2.14. The molecule has 0 saturated heterocycles. The highest BCUT2D eigenvalue weighted by Crippen LogP contribution is 2.37. The number of methoxy groups -OCH3 is 1. The Morgan fingerprint density at radius 1 is 1.03 bits per heavy atom. The van der Waals surface area contributed by atoms with Crippen LogP contribution in [0.3, 0.4) is 0 Å². The van der Waals surface area contributed by atoms with Gasteiger partial charge >= 0.3 is 0 Å². The van der Waals surface area contributed by atoms with Gasteiger partial charge in [0.2, 0.25) is 0 Å². The quantitative estimate of drug-likeness (QED) is 0.172. The largest absolute Gasteiger partial charge is 0.493 e. The molecule has 0 fully saturated rings. The minimum Gasteiger partial charge on any atom is -0.493 e. The highest BCUT2D eigenvalue weighted by Gasteiger charge is 2.13. The van der Waals surface area contributed by atoms with Crippen LogP contribution in [0.1, 0.15) is 36.7 Å². The molecule has 6 nitrogen and oxygen atoms in total. The van der Waals surface area contributed by atoms with E-state index in [4.69, 9.17) is 14.5 Å². The van der Waals surface area contributed by atoms with Gasteiger partial charge in [0, 0.05) is 15.4 Å². The van der Waals surface area contributed by atoms with Gasteiger partial charge in [-0.2, -0.15) is 9.78 Å². The first kappa shape index (κ1) is 26.6. The molecule has 0 bridgehead atoms. The second kappa shape index (κ2) is 12.2. The number of halogens is 3. The van der Waals surface area contributed by atoms with E-state index < -0.39 is 0 Å². The lowest BCUT2D eigenvalue weighted by atomic mass is 10.2. The summed E-state index contributed by atoms with van der Waals surface area (Å²) in [5.41, 5.74) is 2.24. The van der Waals surface area contributed by atoms with Gasteiger partial charge < -0.3 is 9.47 Å². The fourth-order valence-electron chi connectivity index (χ4n) is 3.63. The summed E-state index contributed by atoms with van der Waals surface area (Å²) in [6.07, 6.45) is 4.19. The zero-order valence-corrected chi connectivity index (χ0v) is 24.6. The second-order valence-corrected chi connectivity index (χ2v) is 10.8. The summed E-state index contributed by atoms with van der Waals surface area (Å²) in [7, 11) is 1.59. The van der Waals surface area contributed by atoms with E-state index >= 15 is 0 Å². The summed E-state index contributed by atoms with van der Waals surface area (Å²) in [6, 6.07) is 17.2. The minimum absolute atomic E-state index is 0.205. The van der Waals surface area contributed by atoms with Crippen LogP contribution in [0.4, 0.5) is 0 Å². The van der Waals surface area contributed by atoms with Gasteiger partial charge in [0.1, 0.15) is 12.4 Å². The number of rotatable bonds is 9. The van der Waals surface area contributed by atoms with Gasteiger partial charge in [-0.1, -0.05) is 57.3 Å². The van der Waals surface area contributed by atoms with Gasteiger partial charge in [-0.05, 0) is 75.9 Å². The Labute approximate surface area is 234 Å². The van der Waals surface area contributed by atoms with E-state index in [9.17, 15) is 4.79 Å². The third-order valence-electron chi connectivity index (χ3n) is 5.50. The van der Waals surface area contributed by atoms with Gasteiger partial charge in [0.25, 0.3) is 5.56 Å². The molecular weight excluding hydrogens is 654 g/mol. The highest BCUT2D eigenvalue weighted by molar-refractivity contribution is 9.11. The molecule has 0 unspecified atom stereocenters. The monoisotopic (exact) mass is 675 g/mol. The fourth-order valence-corrected chi connectivity index (χ4v) is 4.83. The molecule has 0 spiro atoms. The summed E-state index contributed by atoms with van der Waals surface area (Å²) in [4.78, 5) is 18.0. The van der Waals surface area contributed by atoms with Crippen molar-refractivity contribution in [2.24, 2.45) is 5.10 Å². The molecule has 0 radical (unpaired) electrons. The maximum absolute atomic E-state index is 13.3. The smallest absolute Gasteiger partial charge is 0.282 e. The van der Waals surface area contributed by atoms with Crippen LogP contribution in [0, 0.1) is 0 Å².